The van der Waals surface area contributed by atoms with Gasteiger partial charge < -0.3 is 19.9 Å². The predicted octanol–water partition coefficient (Wildman–Crippen LogP) is 3.46. The first-order valence-electron chi connectivity index (χ1n) is 7.67. The second-order valence-electron chi connectivity index (χ2n) is 6.67. The Labute approximate surface area is 155 Å². The molecule has 0 aromatic carbocycles. The molecule has 0 bridgehead atoms. The van der Waals surface area contributed by atoms with Crippen LogP contribution in [0.25, 0.3) is 0 Å². The van der Waals surface area contributed by atoms with Crippen LogP contribution in [0.4, 0.5) is 4.79 Å². The third-order valence-electron chi connectivity index (χ3n) is 3.49. The molecule has 2 N–H and O–H groups in total. The van der Waals surface area contributed by atoms with Gasteiger partial charge in [-0.05, 0) is 52.6 Å². The zero-order chi connectivity index (χ0) is 18.0. The Morgan fingerprint density at radius 1 is 1.33 bits per heavy atom. The van der Waals surface area contributed by atoms with Crippen LogP contribution >= 0.6 is 34.8 Å². The summed E-state index contributed by atoms with van der Waals surface area (Å²) in [4.78, 5) is 16.3. The Kier molecular flexibility index (Phi) is 6.23. The van der Waals surface area contributed by atoms with Gasteiger partial charge in [0, 0.05) is 0 Å². The zero-order valence-electron chi connectivity index (χ0n) is 13.7. The van der Waals surface area contributed by atoms with Crippen molar-refractivity contribution in [2.45, 2.75) is 49.0 Å². The highest BCUT2D eigenvalue weighted by Crippen LogP contribution is 2.38. The van der Waals surface area contributed by atoms with Crippen molar-refractivity contribution in [2.75, 3.05) is 13.1 Å². The second-order valence-corrected chi connectivity index (χ2v) is 8.95. The van der Waals surface area contributed by atoms with Gasteiger partial charge in [-0.3, -0.25) is 0 Å². The van der Waals surface area contributed by atoms with E-state index in [0.717, 1.165) is 25.9 Å². The van der Waals surface area contributed by atoms with E-state index < -0.39 is 21.5 Å². The van der Waals surface area contributed by atoms with E-state index in [1.165, 1.54) is 0 Å². The van der Waals surface area contributed by atoms with Gasteiger partial charge in [-0.15, -0.1) is 0 Å². The molecule has 0 saturated carbocycles. The Morgan fingerprint density at radius 2 is 1.96 bits per heavy atom. The van der Waals surface area contributed by atoms with Crippen LogP contribution in [-0.2, 0) is 8.53 Å². The first kappa shape index (κ1) is 19.6. The van der Waals surface area contributed by atoms with Crippen LogP contribution in [0, 0.1) is 5.92 Å². The molecule has 0 aliphatic carbocycles. The number of alkyl halides is 3. The van der Waals surface area contributed by atoms with E-state index in [9.17, 15) is 4.79 Å². The summed E-state index contributed by atoms with van der Waals surface area (Å²) in [6.45, 7) is 7.06. The molecule has 1 aliphatic rings. The van der Waals surface area contributed by atoms with E-state index in [1.54, 1.807) is 20.8 Å². The van der Waals surface area contributed by atoms with Crippen molar-refractivity contribution in [1.29, 1.82) is 0 Å². The number of halogens is 3. The molecule has 2 heterocycles. The molecule has 1 fully saturated rings. The summed E-state index contributed by atoms with van der Waals surface area (Å²) < 4.78 is 8.53. The quantitative estimate of drug-likeness (QED) is 0.757. The van der Waals surface area contributed by atoms with Crippen molar-refractivity contribution in [3.63, 3.8) is 0 Å². The summed E-state index contributed by atoms with van der Waals surface area (Å²) in [6.07, 6.45) is 1.14. The minimum atomic E-state index is -1.81. The Morgan fingerprint density at radius 3 is 2.46 bits per heavy atom. The maximum atomic E-state index is 12.2. The molecule has 0 spiro atoms. The van der Waals surface area contributed by atoms with Crippen molar-refractivity contribution in [3.8, 4) is 0 Å². The van der Waals surface area contributed by atoms with Gasteiger partial charge in [-0.2, -0.15) is 4.98 Å². The third-order valence-corrected chi connectivity index (χ3v) is 3.97. The van der Waals surface area contributed by atoms with Gasteiger partial charge >= 0.3 is 6.09 Å². The summed E-state index contributed by atoms with van der Waals surface area (Å²) in [5.74, 6) is 0.265. The highest BCUT2D eigenvalue weighted by atomic mass is 35.6. The second kappa shape index (κ2) is 7.64. The highest BCUT2D eigenvalue weighted by molar-refractivity contribution is 6.66. The van der Waals surface area contributed by atoms with E-state index in [-0.39, 0.29) is 17.6 Å². The predicted molar refractivity (Wildman–Crippen MR) is 91.2 cm³/mol. The molecule has 2 rings (SSSR count). The highest BCUT2D eigenvalue weighted by Gasteiger charge is 2.36. The summed E-state index contributed by atoms with van der Waals surface area (Å²) >= 11 is 17.3. The molecule has 1 aliphatic heterocycles. The molecule has 1 amide bonds. The minimum absolute atomic E-state index is 0.125. The molecule has 7 nitrogen and oxygen atoms in total. The van der Waals surface area contributed by atoms with Crippen LogP contribution < -0.4 is 10.6 Å². The smallest absolute Gasteiger partial charge is 0.408 e. The van der Waals surface area contributed by atoms with Gasteiger partial charge in [0.25, 0.3) is 9.68 Å². The zero-order valence-corrected chi connectivity index (χ0v) is 16.0. The first-order valence-corrected chi connectivity index (χ1v) is 8.81. The van der Waals surface area contributed by atoms with Crippen molar-refractivity contribution in [2.24, 2.45) is 5.92 Å². The molecule has 1 unspecified atom stereocenters. The fourth-order valence-electron chi connectivity index (χ4n) is 2.48. The van der Waals surface area contributed by atoms with Gasteiger partial charge in [0.05, 0.1) is 6.04 Å². The average Bonchev–Trinajstić information content (AvgIpc) is 2.93. The fourth-order valence-corrected chi connectivity index (χ4v) is 2.71. The molecule has 1 saturated heterocycles. The van der Waals surface area contributed by atoms with E-state index in [2.05, 4.69) is 20.8 Å². The van der Waals surface area contributed by atoms with Crippen LogP contribution in [0.2, 0.25) is 0 Å². The van der Waals surface area contributed by atoms with Gasteiger partial charge in [0.2, 0.25) is 0 Å². The SMILES string of the molecule is CC(C)(C)OC(=O)NC(c1noc(C(Cl)(Cl)Cl)n1)C1CCNCC1. The largest absolute Gasteiger partial charge is 0.444 e. The van der Waals surface area contributed by atoms with Crippen molar-refractivity contribution < 1.29 is 14.1 Å². The van der Waals surface area contributed by atoms with E-state index in [4.69, 9.17) is 44.1 Å². The topological polar surface area (TPSA) is 89.3 Å². The van der Waals surface area contributed by atoms with E-state index in [0.29, 0.717) is 0 Å². The minimum Gasteiger partial charge on any atom is -0.444 e. The number of nitrogens with zero attached hydrogens (tertiary/aromatic N) is 2. The maximum absolute atomic E-state index is 12.2. The van der Waals surface area contributed by atoms with Gasteiger partial charge in [0.1, 0.15) is 5.60 Å². The number of rotatable bonds is 3. The standard InChI is InChI=1S/C14H21Cl3N4O3/c1-13(2,3)23-12(22)19-9(8-4-6-18-7-5-8)10-20-11(24-21-10)14(15,16)17/h8-9,18H,4-7H2,1-3H3,(H,19,22). The number of piperidine rings is 1. The lowest BCUT2D eigenvalue weighted by molar-refractivity contribution is 0.0472. The molecule has 1 aromatic heterocycles. The Balaban J connectivity index is 2.19. The Bertz CT molecular complexity index is 562. The number of amides is 1. The number of ether oxygens (including phenoxy) is 1. The lowest BCUT2D eigenvalue weighted by Crippen LogP contribution is -2.41. The summed E-state index contributed by atoms with van der Waals surface area (Å²) in [6, 6.07) is -0.480. The molecule has 1 aromatic rings. The molecule has 10 heteroatoms. The van der Waals surface area contributed by atoms with Crippen LogP contribution in [0.1, 0.15) is 51.4 Å². The van der Waals surface area contributed by atoms with Crippen molar-refractivity contribution in [3.05, 3.63) is 11.7 Å². The lowest BCUT2D eigenvalue weighted by atomic mass is 9.90. The lowest BCUT2D eigenvalue weighted by Gasteiger charge is -2.30. The fraction of sp³-hybridized carbons (Fsp3) is 0.786. The van der Waals surface area contributed by atoms with Crippen LogP contribution in [0.15, 0.2) is 4.52 Å². The molecule has 0 radical (unpaired) electrons. The summed E-state index contributed by atoms with van der Waals surface area (Å²) in [7, 11) is 0. The summed E-state index contributed by atoms with van der Waals surface area (Å²) in [5, 5.41) is 9.97. The number of nitrogens with one attached hydrogen (secondary N) is 2. The Hall–Kier alpha value is -0.760. The molecule has 136 valence electrons. The number of alkyl carbamates (subject to hydrolysis) is 1. The van der Waals surface area contributed by atoms with Gasteiger partial charge in [-0.1, -0.05) is 40.0 Å². The van der Waals surface area contributed by atoms with Crippen molar-refractivity contribution >= 4 is 40.9 Å². The monoisotopic (exact) mass is 398 g/mol. The van der Waals surface area contributed by atoms with Crippen LogP contribution in [-0.4, -0.2) is 34.9 Å². The first-order chi connectivity index (χ1) is 11.1. The molecule has 1 atom stereocenters. The third kappa shape index (κ3) is 5.65. The number of hydrogen-bond donors (Lipinski definition) is 2. The number of carbonyl (C=O) groups excluding carboxylic acids is 1. The number of carbonyl (C=O) groups is 1. The number of aromatic nitrogens is 2. The normalized spacial score (nSPS) is 18.2. The number of hydrogen-bond acceptors (Lipinski definition) is 6. The van der Waals surface area contributed by atoms with Crippen molar-refractivity contribution in [1.82, 2.24) is 20.8 Å². The van der Waals surface area contributed by atoms with Crippen LogP contribution in [0.5, 0.6) is 0 Å². The van der Waals surface area contributed by atoms with E-state index in [1.807, 2.05) is 0 Å². The van der Waals surface area contributed by atoms with Crippen LogP contribution in [0.3, 0.4) is 0 Å². The molecular formula is C14H21Cl3N4O3. The van der Waals surface area contributed by atoms with Gasteiger partial charge in [-0.25, -0.2) is 4.79 Å². The molecule has 24 heavy (non-hydrogen) atoms. The molecular weight excluding hydrogens is 379 g/mol. The average molecular weight is 400 g/mol. The van der Waals surface area contributed by atoms with E-state index >= 15 is 0 Å². The van der Waals surface area contributed by atoms with Gasteiger partial charge in [0.15, 0.2) is 5.82 Å². The summed E-state index contributed by atoms with van der Waals surface area (Å²) in [5.41, 5.74) is -0.608. The maximum Gasteiger partial charge on any atom is 0.408 e.